The van der Waals surface area contributed by atoms with E-state index in [1.165, 1.54) is 33.2 Å². The molecule has 12 aromatic rings. The van der Waals surface area contributed by atoms with Gasteiger partial charge in [0.25, 0.3) is 0 Å². The summed E-state index contributed by atoms with van der Waals surface area (Å²) in [5, 5.41) is 6.81. The average Bonchev–Trinajstić information content (AvgIpc) is 4.11. The molecule has 0 aliphatic heterocycles. The molecule has 0 spiro atoms. The van der Waals surface area contributed by atoms with Gasteiger partial charge in [0.15, 0.2) is 0 Å². The number of hydrogen-bond acceptors (Lipinski definition) is 3. The maximum atomic E-state index is 6.65. The van der Waals surface area contributed by atoms with Crippen LogP contribution >= 0.6 is 0 Å². The normalized spacial score (nSPS) is 11.0. The van der Waals surface area contributed by atoms with Crippen LogP contribution in [-0.2, 0) is 0 Å². The van der Waals surface area contributed by atoms with E-state index in [1.807, 2.05) is 71.0 Å². The van der Waals surface area contributed by atoms with Crippen LogP contribution < -0.4 is 0 Å². The fraction of sp³-hybridized carbons (Fsp3) is 0.164. The lowest BCUT2D eigenvalue weighted by Crippen LogP contribution is -1.88. The summed E-state index contributed by atoms with van der Waals surface area (Å²) in [6, 6.07) is 69.7. The number of fused-ring (bicyclic) bond motifs is 9. The van der Waals surface area contributed by atoms with Crippen molar-refractivity contribution >= 4 is 71.4 Å². The van der Waals surface area contributed by atoms with Crippen LogP contribution in [0.25, 0.3) is 105 Å². The second kappa shape index (κ2) is 22.0. The van der Waals surface area contributed by atoms with Gasteiger partial charge in [0.2, 0.25) is 0 Å². The number of benzene rings is 9. The predicted octanol–water partition coefficient (Wildman–Crippen LogP) is 21.1. The highest BCUT2D eigenvalue weighted by atomic mass is 16.3. The first kappa shape index (κ1) is 48.6. The number of para-hydroxylation sites is 2. The molecule has 3 heteroatoms. The first-order valence-corrected chi connectivity index (χ1v) is 24.9. The van der Waals surface area contributed by atoms with Crippen molar-refractivity contribution in [1.82, 2.24) is 0 Å². The Morgan fingerprint density at radius 3 is 1.46 bits per heavy atom. The first-order chi connectivity index (χ1) is 34.2. The summed E-state index contributed by atoms with van der Waals surface area (Å²) in [4.78, 5) is 0. The molecule has 350 valence electrons. The van der Waals surface area contributed by atoms with Crippen molar-refractivity contribution in [2.75, 3.05) is 0 Å². The second-order valence-corrected chi connectivity index (χ2v) is 17.8. The van der Waals surface area contributed by atoms with Crippen LogP contribution in [0.5, 0.6) is 0 Å². The highest BCUT2D eigenvalue weighted by Crippen LogP contribution is 2.44. The molecule has 0 saturated heterocycles. The van der Waals surface area contributed by atoms with E-state index in [-0.39, 0.29) is 0 Å². The summed E-state index contributed by atoms with van der Waals surface area (Å²) in [7, 11) is 0. The van der Waals surface area contributed by atoms with Gasteiger partial charge in [-0.2, -0.15) is 0 Å². The van der Waals surface area contributed by atoms with Gasteiger partial charge in [0, 0.05) is 37.9 Å². The Hall–Kier alpha value is -7.88. The minimum atomic E-state index is 0.361. The molecule has 12 rings (SSSR count). The summed E-state index contributed by atoms with van der Waals surface area (Å²) in [5.41, 5.74) is 17.2. The maximum Gasteiger partial charge on any atom is 0.143 e. The van der Waals surface area contributed by atoms with Crippen LogP contribution in [0, 0.1) is 0 Å². The molecule has 0 N–H and O–H groups in total. The molecule has 0 aliphatic carbocycles. The minimum absolute atomic E-state index is 0.361. The molecule has 70 heavy (non-hydrogen) atoms. The molecule has 0 saturated carbocycles. The SMILES string of the molecule is C=C(C)c1cccc(-c2ccccc2)c1.CC.CC.CC(C)c1cccc2oc3c(-c4ccc5c(c4)oc4ccccc45)cc(-c4ccc5c(c4)oc4ccccc45)cc3c12.CC(C)c1ccccc1. The van der Waals surface area contributed by atoms with E-state index < -0.39 is 0 Å². The molecule has 0 atom stereocenters. The Morgan fingerprint density at radius 1 is 0.371 bits per heavy atom. The topological polar surface area (TPSA) is 39.4 Å². The summed E-state index contributed by atoms with van der Waals surface area (Å²) in [6.45, 7) is 22.9. The lowest BCUT2D eigenvalue weighted by Gasteiger charge is -2.10. The van der Waals surface area contributed by atoms with Gasteiger partial charge in [0.05, 0.1) is 0 Å². The van der Waals surface area contributed by atoms with Gasteiger partial charge < -0.3 is 13.3 Å². The van der Waals surface area contributed by atoms with Crippen LogP contribution in [0.2, 0.25) is 0 Å². The molecule has 0 unspecified atom stereocenters. The van der Waals surface area contributed by atoms with E-state index in [9.17, 15) is 0 Å². The van der Waals surface area contributed by atoms with E-state index in [0.717, 1.165) is 88.3 Å². The van der Waals surface area contributed by atoms with Gasteiger partial charge in [-0.25, -0.2) is 0 Å². The molecule has 0 aliphatic rings. The average molecular weight is 917 g/mol. The predicted molar refractivity (Wildman–Crippen MR) is 303 cm³/mol. The number of rotatable bonds is 6. The lowest BCUT2D eigenvalue weighted by molar-refractivity contribution is 0.668. The highest BCUT2D eigenvalue weighted by Gasteiger charge is 2.20. The van der Waals surface area contributed by atoms with Gasteiger partial charge in [-0.3, -0.25) is 0 Å². The van der Waals surface area contributed by atoms with Crippen molar-refractivity contribution in [3.63, 3.8) is 0 Å². The zero-order valence-electron chi connectivity index (χ0n) is 42.1. The Labute approximate surface area is 413 Å². The molecule has 0 radical (unpaired) electrons. The quantitative estimate of drug-likeness (QED) is 0.167. The van der Waals surface area contributed by atoms with Gasteiger partial charge in [-0.15, -0.1) is 0 Å². The summed E-state index contributed by atoms with van der Waals surface area (Å²) in [6.07, 6.45) is 0. The van der Waals surface area contributed by atoms with Gasteiger partial charge in [-0.1, -0.05) is 207 Å². The summed E-state index contributed by atoms with van der Waals surface area (Å²) < 4.78 is 19.2. The highest BCUT2D eigenvalue weighted by molar-refractivity contribution is 6.14. The number of furan rings is 3. The van der Waals surface area contributed by atoms with Crippen molar-refractivity contribution in [3.8, 4) is 33.4 Å². The fourth-order valence-corrected chi connectivity index (χ4v) is 9.05. The lowest BCUT2D eigenvalue weighted by atomic mass is 9.92. The molecular formula is C67H64O3. The van der Waals surface area contributed by atoms with Crippen molar-refractivity contribution < 1.29 is 13.3 Å². The molecule has 0 fully saturated rings. The molecular weight excluding hydrogens is 853 g/mol. The van der Waals surface area contributed by atoms with E-state index in [0.29, 0.717) is 11.8 Å². The Kier molecular flexibility index (Phi) is 15.3. The third-order valence-electron chi connectivity index (χ3n) is 12.6. The third kappa shape index (κ3) is 10.1. The molecule has 3 aromatic heterocycles. The van der Waals surface area contributed by atoms with Gasteiger partial charge in [0.1, 0.15) is 33.5 Å². The van der Waals surface area contributed by atoms with Crippen molar-refractivity contribution in [2.24, 2.45) is 0 Å². The maximum absolute atomic E-state index is 6.65. The Balaban J connectivity index is 0.000000193. The number of hydrogen-bond donors (Lipinski definition) is 0. The Bertz CT molecular complexity index is 3670. The largest absolute Gasteiger partial charge is 0.456 e. The monoisotopic (exact) mass is 916 g/mol. The standard InChI is InChI=1S/C39H26O3.C15H14.C9H12.2C2H6/c1-22(2)26-10-7-13-35-38(26)32-19-25(23-14-16-29-27-8-3-5-11-33(27)40-36(29)20-23)18-31(39(32)42-35)24-15-17-30-28-9-4-6-12-34(28)41-37(30)21-24;1-12(2)14-9-6-10-15(11-14)13-7-4-3-5-8-13;1-8(2)9-6-4-3-5-7-9;2*1-2/h3-22H,1-2H3;3-11H,1H2,2H3;3-8H,1-2H3;2*1-2H3. The fourth-order valence-electron chi connectivity index (χ4n) is 9.05. The summed E-state index contributed by atoms with van der Waals surface area (Å²) in [5.74, 6) is 1.02. The van der Waals surface area contributed by atoms with E-state index >= 15 is 0 Å². The van der Waals surface area contributed by atoms with Crippen molar-refractivity contribution in [1.29, 1.82) is 0 Å². The minimum Gasteiger partial charge on any atom is -0.456 e. The van der Waals surface area contributed by atoms with Crippen LogP contribution in [0.4, 0.5) is 0 Å². The number of allylic oxidation sites excluding steroid dienone is 1. The third-order valence-corrected chi connectivity index (χ3v) is 12.6. The molecule has 0 amide bonds. The van der Waals surface area contributed by atoms with Crippen LogP contribution in [0.15, 0.2) is 220 Å². The van der Waals surface area contributed by atoms with Crippen LogP contribution in [-0.4, -0.2) is 0 Å². The molecule has 0 bridgehead atoms. The van der Waals surface area contributed by atoms with E-state index in [1.54, 1.807) is 0 Å². The molecule has 3 nitrogen and oxygen atoms in total. The van der Waals surface area contributed by atoms with Crippen LogP contribution in [0.3, 0.4) is 0 Å². The summed E-state index contributed by atoms with van der Waals surface area (Å²) >= 11 is 0. The smallest absolute Gasteiger partial charge is 0.143 e. The first-order valence-electron chi connectivity index (χ1n) is 24.9. The molecule has 9 aromatic carbocycles. The van der Waals surface area contributed by atoms with Crippen molar-refractivity contribution in [3.05, 3.63) is 223 Å². The Morgan fingerprint density at radius 2 is 0.871 bits per heavy atom. The zero-order valence-corrected chi connectivity index (χ0v) is 42.1. The zero-order chi connectivity index (χ0) is 49.3. The van der Waals surface area contributed by atoms with Gasteiger partial charge >= 0.3 is 0 Å². The molecule has 3 heterocycles. The second-order valence-electron chi connectivity index (χ2n) is 17.8. The van der Waals surface area contributed by atoms with Crippen molar-refractivity contribution in [2.45, 2.75) is 74.1 Å². The van der Waals surface area contributed by atoms with E-state index in [4.69, 9.17) is 13.3 Å². The van der Waals surface area contributed by atoms with Gasteiger partial charge in [-0.05, 0) is 124 Å². The van der Waals surface area contributed by atoms with E-state index in [2.05, 4.69) is 198 Å². The van der Waals surface area contributed by atoms with Crippen LogP contribution in [0.1, 0.15) is 90.8 Å².